The smallest absolute Gasteiger partial charge is 0.390 e. The van der Waals surface area contributed by atoms with E-state index >= 15 is 0 Å². The van der Waals surface area contributed by atoms with Crippen LogP contribution in [0.3, 0.4) is 0 Å². The van der Waals surface area contributed by atoms with Gasteiger partial charge in [0.25, 0.3) is 0 Å². The minimum absolute atomic E-state index is 0.147. The normalized spacial score (nSPS) is 23.1. The summed E-state index contributed by atoms with van der Waals surface area (Å²) in [7, 11) is 0. The lowest BCUT2D eigenvalue weighted by Crippen LogP contribution is -2.40. The van der Waals surface area contributed by atoms with Crippen molar-refractivity contribution in [1.29, 1.82) is 0 Å². The highest BCUT2D eigenvalue weighted by Gasteiger charge is 2.33. The molecule has 0 spiro atoms. The maximum atomic E-state index is 11.8. The molecular weight excluding hydrogens is 265 g/mol. The third-order valence-electron chi connectivity index (χ3n) is 3.20. The highest BCUT2D eigenvalue weighted by Crippen LogP contribution is 2.31. The first-order chi connectivity index (χ1) is 8.79. The average Bonchev–Trinajstić information content (AvgIpc) is 2.72. The van der Waals surface area contributed by atoms with Gasteiger partial charge in [0.15, 0.2) is 0 Å². The maximum Gasteiger partial charge on any atom is 0.390 e. The van der Waals surface area contributed by atoms with Crippen molar-refractivity contribution in [2.75, 3.05) is 13.1 Å². The van der Waals surface area contributed by atoms with Crippen LogP contribution < -0.4 is 10.6 Å². The molecule has 1 aliphatic carbocycles. The molecule has 5 nitrogen and oxygen atoms in total. The zero-order chi connectivity index (χ0) is 14.5. The second-order valence-corrected chi connectivity index (χ2v) is 4.64. The van der Waals surface area contributed by atoms with Crippen LogP contribution in [0.4, 0.5) is 18.0 Å². The Labute approximate surface area is 108 Å². The number of hydrogen-bond acceptors (Lipinski definition) is 2. The van der Waals surface area contributed by atoms with Gasteiger partial charge >= 0.3 is 18.2 Å². The van der Waals surface area contributed by atoms with Crippen LogP contribution in [0.25, 0.3) is 0 Å². The molecule has 0 bridgehead atoms. The second kappa shape index (κ2) is 6.63. The summed E-state index contributed by atoms with van der Waals surface area (Å²) in [6.07, 6.45) is -3.30. The van der Waals surface area contributed by atoms with Crippen molar-refractivity contribution >= 4 is 12.0 Å². The molecule has 0 aromatic heterocycles. The number of carbonyl (C=O) groups excluding carboxylic acids is 1. The summed E-state index contributed by atoms with van der Waals surface area (Å²) in [5, 5.41) is 13.4. The molecule has 8 heteroatoms. The van der Waals surface area contributed by atoms with Crippen LogP contribution in [0.5, 0.6) is 0 Å². The molecule has 1 saturated carbocycles. The number of carboxylic acid groups (broad SMARTS) is 1. The van der Waals surface area contributed by atoms with Gasteiger partial charge in [0.1, 0.15) is 0 Å². The van der Waals surface area contributed by atoms with Crippen molar-refractivity contribution in [2.24, 2.45) is 11.8 Å². The lowest BCUT2D eigenvalue weighted by Gasteiger charge is -2.16. The molecule has 2 unspecified atom stereocenters. The van der Waals surface area contributed by atoms with Gasteiger partial charge in [0.2, 0.25) is 0 Å². The Morgan fingerprint density at radius 2 is 1.89 bits per heavy atom. The van der Waals surface area contributed by atoms with Gasteiger partial charge in [-0.05, 0) is 18.8 Å². The van der Waals surface area contributed by atoms with Crippen molar-refractivity contribution in [3.05, 3.63) is 0 Å². The van der Waals surface area contributed by atoms with Crippen molar-refractivity contribution in [1.82, 2.24) is 10.6 Å². The number of halogens is 3. The predicted octanol–water partition coefficient (Wildman–Crippen LogP) is 1.74. The van der Waals surface area contributed by atoms with Crippen LogP contribution in [-0.2, 0) is 4.79 Å². The molecule has 0 aromatic rings. The van der Waals surface area contributed by atoms with E-state index in [1.807, 2.05) is 0 Å². The van der Waals surface area contributed by atoms with Crippen LogP contribution in [0.2, 0.25) is 0 Å². The van der Waals surface area contributed by atoms with Gasteiger partial charge in [0.05, 0.1) is 12.3 Å². The molecule has 2 atom stereocenters. The second-order valence-electron chi connectivity index (χ2n) is 4.64. The number of amides is 2. The molecule has 0 aliphatic heterocycles. The molecule has 0 heterocycles. The van der Waals surface area contributed by atoms with Gasteiger partial charge in [-0.3, -0.25) is 4.79 Å². The number of carboxylic acids is 1. The van der Waals surface area contributed by atoms with E-state index in [2.05, 4.69) is 10.6 Å². The zero-order valence-corrected chi connectivity index (χ0v) is 10.3. The Morgan fingerprint density at radius 3 is 2.47 bits per heavy atom. The molecule has 1 fully saturated rings. The summed E-state index contributed by atoms with van der Waals surface area (Å²) in [4.78, 5) is 22.1. The first kappa shape index (κ1) is 15.6. The maximum absolute atomic E-state index is 11.8. The summed E-state index contributed by atoms with van der Waals surface area (Å²) < 4.78 is 35.5. The van der Waals surface area contributed by atoms with E-state index in [4.69, 9.17) is 5.11 Å². The summed E-state index contributed by atoms with van der Waals surface area (Å²) >= 11 is 0. The lowest BCUT2D eigenvalue weighted by atomic mass is 9.96. The Hall–Kier alpha value is -1.47. The van der Waals surface area contributed by atoms with Gasteiger partial charge in [-0.2, -0.15) is 13.2 Å². The summed E-state index contributed by atoms with van der Waals surface area (Å²) in [5.41, 5.74) is 0. The van der Waals surface area contributed by atoms with Crippen molar-refractivity contribution in [3.8, 4) is 0 Å². The molecule has 110 valence electrons. The summed E-state index contributed by atoms with van der Waals surface area (Å²) in [6, 6.07) is -0.694. The molecule has 0 aromatic carbocycles. The highest BCUT2D eigenvalue weighted by atomic mass is 19.4. The van der Waals surface area contributed by atoms with E-state index in [0.717, 1.165) is 6.42 Å². The average molecular weight is 282 g/mol. The summed E-state index contributed by atoms with van der Waals surface area (Å²) in [6.45, 7) is -0.308. The number of nitrogens with one attached hydrogen (secondary N) is 2. The molecule has 0 radical (unpaired) electrons. The first-order valence-electron chi connectivity index (χ1n) is 6.11. The molecule has 19 heavy (non-hydrogen) atoms. The fraction of sp³-hybridized carbons (Fsp3) is 0.818. The number of hydrogen-bond donors (Lipinski definition) is 3. The van der Waals surface area contributed by atoms with E-state index < -0.39 is 37.1 Å². The number of rotatable bonds is 5. The number of urea groups is 1. The fourth-order valence-electron chi connectivity index (χ4n) is 2.21. The van der Waals surface area contributed by atoms with Crippen LogP contribution in [0.15, 0.2) is 0 Å². The van der Waals surface area contributed by atoms with Crippen LogP contribution in [0.1, 0.15) is 25.7 Å². The highest BCUT2D eigenvalue weighted by molar-refractivity contribution is 5.74. The first-order valence-corrected chi connectivity index (χ1v) is 6.11. The van der Waals surface area contributed by atoms with Crippen molar-refractivity contribution in [2.45, 2.75) is 31.9 Å². The van der Waals surface area contributed by atoms with Crippen LogP contribution in [0, 0.1) is 11.8 Å². The topological polar surface area (TPSA) is 78.4 Å². The lowest BCUT2D eigenvalue weighted by molar-refractivity contribution is -0.143. The van der Waals surface area contributed by atoms with Gasteiger partial charge in [-0.25, -0.2) is 4.79 Å². The standard InChI is InChI=1S/C11H17F3N2O3/c12-11(13,14)4-5-15-10(19)16-6-7-2-1-3-8(7)9(17)18/h7-8H,1-6H2,(H,17,18)(H2,15,16,19). The fourth-order valence-corrected chi connectivity index (χ4v) is 2.21. The van der Waals surface area contributed by atoms with E-state index in [-0.39, 0.29) is 12.5 Å². The molecule has 1 rings (SSSR count). The Kier molecular flexibility index (Phi) is 5.44. The van der Waals surface area contributed by atoms with E-state index in [9.17, 15) is 22.8 Å². The molecule has 2 amide bonds. The molecule has 0 saturated heterocycles. The van der Waals surface area contributed by atoms with Gasteiger partial charge < -0.3 is 15.7 Å². The monoisotopic (exact) mass is 282 g/mol. The number of aliphatic carboxylic acids is 1. The predicted molar refractivity (Wildman–Crippen MR) is 60.5 cm³/mol. The van der Waals surface area contributed by atoms with Gasteiger partial charge in [-0.1, -0.05) is 6.42 Å². The Balaban J connectivity index is 2.21. The van der Waals surface area contributed by atoms with Crippen molar-refractivity contribution < 1.29 is 27.9 Å². The Morgan fingerprint density at radius 1 is 1.21 bits per heavy atom. The minimum Gasteiger partial charge on any atom is -0.481 e. The van der Waals surface area contributed by atoms with E-state index in [1.165, 1.54) is 0 Å². The van der Waals surface area contributed by atoms with E-state index in [1.54, 1.807) is 0 Å². The Bertz CT molecular complexity index is 334. The van der Waals surface area contributed by atoms with Gasteiger partial charge in [-0.15, -0.1) is 0 Å². The molecule has 3 N–H and O–H groups in total. The molecular formula is C11H17F3N2O3. The SMILES string of the molecule is O=C(NCCC(F)(F)F)NCC1CCCC1C(=O)O. The third-order valence-corrected chi connectivity index (χ3v) is 3.20. The zero-order valence-electron chi connectivity index (χ0n) is 10.3. The summed E-state index contributed by atoms with van der Waals surface area (Å²) in [5.74, 6) is -1.51. The van der Waals surface area contributed by atoms with Crippen molar-refractivity contribution in [3.63, 3.8) is 0 Å². The van der Waals surface area contributed by atoms with Gasteiger partial charge in [0, 0.05) is 13.1 Å². The number of alkyl halides is 3. The van der Waals surface area contributed by atoms with Crippen LogP contribution in [-0.4, -0.2) is 36.4 Å². The molecule has 1 aliphatic rings. The van der Waals surface area contributed by atoms with E-state index in [0.29, 0.717) is 12.8 Å². The quantitative estimate of drug-likeness (QED) is 0.718. The largest absolute Gasteiger partial charge is 0.481 e. The third kappa shape index (κ3) is 5.80. The minimum atomic E-state index is -4.30. The van der Waals surface area contributed by atoms with Crippen LogP contribution >= 0.6 is 0 Å². The number of carbonyl (C=O) groups is 2.